The molecular formula is C18H21N3O3. The van der Waals surface area contributed by atoms with Crippen LogP contribution in [-0.2, 0) is 0 Å². The van der Waals surface area contributed by atoms with Crippen LogP contribution in [-0.4, -0.2) is 32.3 Å². The summed E-state index contributed by atoms with van der Waals surface area (Å²) in [5, 5.41) is 3.05. The Bertz CT molecular complexity index is 718. The molecule has 24 heavy (non-hydrogen) atoms. The molecule has 1 unspecified atom stereocenters. The van der Waals surface area contributed by atoms with Crippen LogP contribution in [0.1, 0.15) is 6.42 Å². The van der Waals surface area contributed by atoms with Crippen LogP contribution in [0.5, 0.6) is 17.2 Å². The molecule has 3 rings (SSSR count). The molecule has 1 aliphatic heterocycles. The number of benzene rings is 2. The van der Waals surface area contributed by atoms with Gasteiger partial charge in [0.25, 0.3) is 0 Å². The number of methoxy groups -OCH3 is 1. The van der Waals surface area contributed by atoms with Crippen molar-refractivity contribution in [2.45, 2.75) is 12.5 Å². The topological polar surface area (TPSA) is 78.1 Å². The fraction of sp³-hybridized carbons (Fsp3) is 0.278. The van der Waals surface area contributed by atoms with E-state index in [1.165, 1.54) is 0 Å². The van der Waals surface area contributed by atoms with Gasteiger partial charge >= 0.3 is 0 Å². The maximum atomic E-state index is 5.92. The average Bonchev–Trinajstić information content (AvgIpc) is 2.62. The number of nitrogens with one attached hydrogen (secondary N) is 1. The fourth-order valence-electron chi connectivity index (χ4n) is 2.42. The van der Waals surface area contributed by atoms with E-state index in [0.717, 1.165) is 29.4 Å². The van der Waals surface area contributed by atoms with Crippen LogP contribution >= 0.6 is 0 Å². The van der Waals surface area contributed by atoms with Gasteiger partial charge in [-0.1, -0.05) is 18.2 Å². The Hall–Kier alpha value is -2.89. The number of nitrogens with zero attached hydrogens (tertiary/aromatic N) is 1. The summed E-state index contributed by atoms with van der Waals surface area (Å²) >= 11 is 0. The minimum absolute atomic E-state index is 0.0201. The second-order valence-corrected chi connectivity index (χ2v) is 5.41. The van der Waals surface area contributed by atoms with Crippen molar-refractivity contribution in [1.82, 2.24) is 0 Å². The van der Waals surface area contributed by atoms with Gasteiger partial charge in [-0.3, -0.25) is 4.99 Å². The second kappa shape index (κ2) is 7.59. The van der Waals surface area contributed by atoms with Gasteiger partial charge in [0, 0.05) is 24.7 Å². The Morgan fingerprint density at radius 1 is 1.25 bits per heavy atom. The molecule has 0 bridgehead atoms. The zero-order valence-electron chi connectivity index (χ0n) is 13.6. The highest BCUT2D eigenvalue weighted by Crippen LogP contribution is 2.31. The van der Waals surface area contributed by atoms with E-state index < -0.39 is 0 Å². The van der Waals surface area contributed by atoms with Crippen molar-refractivity contribution >= 4 is 11.6 Å². The molecule has 0 radical (unpaired) electrons. The van der Waals surface area contributed by atoms with E-state index in [9.17, 15) is 0 Å². The molecule has 3 N–H and O–H groups in total. The highest BCUT2D eigenvalue weighted by atomic mass is 16.6. The van der Waals surface area contributed by atoms with Gasteiger partial charge in [0.15, 0.2) is 17.5 Å². The van der Waals surface area contributed by atoms with Crippen molar-refractivity contribution < 1.29 is 14.2 Å². The normalized spacial score (nSPS) is 16.5. The first kappa shape index (κ1) is 16.0. The van der Waals surface area contributed by atoms with E-state index in [1.807, 2.05) is 48.5 Å². The number of rotatable bonds is 5. The highest BCUT2D eigenvalue weighted by Gasteiger charge is 2.19. The second-order valence-electron chi connectivity index (χ2n) is 5.41. The Morgan fingerprint density at radius 2 is 2.08 bits per heavy atom. The predicted molar refractivity (Wildman–Crippen MR) is 94.1 cm³/mol. The third-order valence-electron chi connectivity index (χ3n) is 3.64. The van der Waals surface area contributed by atoms with Crippen molar-refractivity contribution in [3.63, 3.8) is 0 Å². The minimum atomic E-state index is -0.0201. The Morgan fingerprint density at radius 3 is 2.92 bits per heavy atom. The lowest BCUT2D eigenvalue weighted by Gasteiger charge is -2.26. The molecular weight excluding hydrogens is 306 g/mol. The number of anilines is 1. The molecule has 2 aromatic carbocycles. The lowest BCUT2D eigenvalue weighted by atomic mass is 10.2. The first-order chi connectivity index (χ1) is 11.7. The van der Waals surface area contributed by atoms with Gasteiger partial charge in [0.2, 0.25) is 0 Å². The van der Waals surface area contributed by atoms with Gasteiger partial charge in [-0.2, -0.15) is 0 Å². The van der Waals surface area contributed by atoms with Gasteiger partial charge in [0.05, 0.1) is 7.11 Å². The van der Waals surface area contributed by atoms with Crippen LogP contribution in [0.25, 0.3) is 0 Å². The maximum absolute atomic E-state index is 5.92. The summed E-state index contributed by atoms with van der Waals surface area (Å²) in [7, 11) is 1.63. The number of guanidine groups is 1. The number of hydrogen-bond donors (Lipinski definition) is 2. The van der Waals surface area contributed by atoms with Crippen LogP contribution in [0.2, 0.25) is 0 Å². The van der Waals surface area contributed by atoms with Gasteiger partial charge in [0.1, 0.15) is 18.5 Å². The SMILES string of the molecule is COc1cccc(NC(N)=NCCC2COc3ccccc3O2)c1. The van der Waals surface area contributed by atoms with Gasteiger partial charge in [-0.15, -0.1) is 0 Å². The lowest BCUT2D eigenvalue weighted by Crippen LogP contribution is -2.30. The van der Waals surface area contributed by atoms with E-state index in [4.69, 9.17) is 19.9 Å². The summed E-state index contributed by atoms with van der Waals surface area (Å²) in [5.74, 6) is 2.69. The summed E-state index contributed by atoms with van der Waals surface area (Å²) in [5.41, 5.74) is 6.75. The number of aliphatic imine (C=N–C) groups is 1. The van der Waals surface area contributed by atoms with Crippen molar-refractivity contribution in [2.75, 3.05) is 25.6 Å². The molecule has 0 spiro atoms. The molecule has 0 fully saturated rings. The number of hydrogen-bond acceptors (Lipinski definition) is 4. The van der Waals surface area contributed by atoms with E-state index >= 15 is 0 Å². The van der Waals surface area contributed by atoms with Crippen molar-refractivity contribution in [2.24, 2.45) is 10.7 Å². The summed E-state index contributed by atoms with van der Waals surface area (Å²) in [6.07, 6.45) is 0.711. The first-order valence-electron chi connectivity index (χ1n) is 7.84. The molecule has 2 aromatic rings. The predicted octanol–water partition coefficient (Wildman–Crippen LogP) is 2.65. The first-order valence-corrected chi connectivity index (χ1v) is 7.84. The quantitative estimate of drug-likeness (QED) is 0.652. The van der Waals surface area contributed by atoms with Crippen LogP contribution in [0.3, 0.4) is 0 Å². The van der Waals surface area contributed by atoms with Crippen LogP contribution < -0.4 is 25.3 Å². The van der Waals surface area contributed by atoms with Crippen molar-refractivity contribution in [3.8, 4) is 17.2 Å². The van der Waals surface area contributed by atoms with Gasteiger partial charge in [-0.25, -0.2) is 0 Å². The van der Waals surface area contributed by atoms with E-state index in [0.29, 0.717) is 19.1 Å². The van der Waals surface area contributed by atoms with E-state index in [-0.39, 0.29) is 6.10 Å². The monoisotopic (exact) mass is 327 g/mol. The zero-order chi connectivity index (χ0) is 16.8. The Kier molecular flexibility index (Phi) is 5.05. The third kappa shape index (κ3) is 4.10. The molecule has 1 heterocycles. The minimum Gasteiger partial charge on any atom is -0.497 e. The number of nitrogens with two attached hydrogens (primary N) is 1. The largest absolute Gasteiger partial charge is 0.497 e. The molecule has 126 valence electrons. The summed E-state index contributed by atoms with van der Waals surface area (Å²) in [6, 6.07) is 15.2. The standard InChI is InChI=1S/C18H21N3O3/c1-22-14-6-4-5-13(11-14)21-18(19)20-10-9-15-12-23-16-7-2-3-8-17(16)24-15/h2-8,11,15H,9-10,12H2,1H3,(H3,19,20,21). The van der Waals surface area contributed by atoms with Gasteiger partial charge < -0.3 is 25.3 Å². The summed E-state index contributed by atoms with van der Waals surface area (Å²) in [4.78, 5) is 4.33. The zero-order valence-corrected chi connectivity index (χ0v) is 13.6. The molecule has 0 aromatic heterocycles. The van der Waals surface area contributed by atoms with Crippen molar-refractivity contribution in [3.05, 3.63) is 48.5 Å². The molecule has 0 saturated carbocycles. The Labute approximate surface area is 141 Å². The molecule has 1 aliphatic rings. The van der Waals surface area contributed by atoms with E-state index in [1.54, 1.807) is 7.11 Å². The summed E-state index contributed by atoms with van der Waals surface area (Å²) in [6.45, 7) is 1.08. The van der Waals surface area contributed by atoms with Crippen LogP contribution in [0, 0.1) is 0 Å². The van der Waals surface area contributed by atoms with Crippen LogP contribution in [0.4, 0.5) is 5.69 Å². The lowest BCUT2D eigenvalue weighted by molar-refractivity contribution is 0.0867. The smallest absolute Gasteiger partial charge is 0.193 e. The maximum Gasteiger partial charge on any atom is 0.193 e. The molecule has 1 atom stereocenters. The van der Waals surface area contributed by atoms with Gasteiger partial charge in [-0.05, 0) is 24.3 Å². The molecule has 0 amide bonds. The molecule has 6 heteroatoms. The van der Waals surface area contributed by atoms with Crippen molar-refractivity contribution in [1.29, 1.82) is 0 Å². The highest BCUT2D eigenvalue weighted by molar-refractivity contribution is 5.92. The van der Waals surface area contributed by atoms with E-state index in [2.05, 4.69) is 10.3 Å². The summed E-state index contributed by atoms with van der Waals surface area (Å²) < 4.78 is 16.7. The molecule has 0 aliphatic carbocycles. The number of ether oxygens (including phenoxy) is 3. The molecule has 0 saturated heterocycles. The Balaban J connectivity index is 1.49. The number of fused-ring (bicyclic) bond motifs is 1. The average molecular weight is 327 g/mol. The third-order valence-corrected chi connectivity index (χ3v) is 3.64. The number of para-hydroxylation sites is 2. The fourth-order valence-corrected chi connectivity index (χ4v) is 2.42. The molecule has 6 nitrogen and oxygen atoms in total. The van der Waals surface area contributed by atoms with Crippen LogP contribution in [0.15, 0.2) is 53.5 Å².